The number of aromatic nitrogens is 2. The second kappa shape index (κ2) is 6.94. The number of nitrogens with one attached hydrogen (secondary N) is 1. The number of nitrogens with zero attached hydrogens (tertiary/aromatic N) is 2. The lowest BCUT2D eigenvalue weighted by Crippen LogP contribution is -2.02. The number of rotatable bonds is 3. The van der Waals surface area contributed by atoms with Crippen LogP contribution in [0.2, 0.25) is 0 Å². The molecule has 5 rings (SSSR count). The standard InChI is InChI=1S/C23H17N3O5/c1-11-4-5-18-14(6-11)9-16(22(28)30-18)21-25-26-23(31-21)24-17-10-15-12(2)8-20(27)29-19(15)7-13(17)3/h4-10H,1-3H3,(H,24,26). The van der Waals surface area contributed by atoms with E-state index in [1.165, 1.54) is 6.07 Å². The van der Waals surface area contributed by atoms with Crippen LogP contribution in [0.5, 0.6) is 0 Å². The number of anilines is 2. The summed E-state index contributed by atoms with van der Waals surface area (Å²) in [5.41, 5.74) is 3.60. The Labute approximate surface area is 175 Å². The van der Waals surface area contributed by atoms with Gasteiger partial charge in [0.1, 0.15) is 16.7 Å². The largest absolute Gasteiger partial charge is 0.423 e. The molecule has 0 unspecified atom stereocenters. The molecule has 0 aliphatic rings. The molecule has 0 aliphatic heterocycles. The van der Waals surface area contributed by atoms with Crippen molar-refractivity contribution in [1.29, 1.82) is 0 Å². The molecular formula is C23H17N3O5. The zero-order valence-corrected chi connectivity index (χ0v) is 17.0. The first-order valence-corrected chi connectivity index (χ1v) is 9.58. The minimum atomic E-state index is -0.556. The van der Waals surface area contributed by atoms with Crippen LogP contribution in [-0.4, -0.2) is 10.2 Å². The Hall–Kier alpha value is -4.20. The fourth-order valence-corrected chi connectivity index (χ4v) is 3.49. The quantitative estimate of drug-likeness (QED) is 0.425. The normalized spacial score (nSPS) is 11.3. The molecule has 31 heavy (non-hydrogen) atoms. The van der Waals surface area contributed by atoms with Gasteiger partial charge in [0.2, 0.25) is 0 Å². The molecule has 0 fully saturated rings. The average Bonchev–Trinajstić information content (AvgIpc) is 3.17. The molecule has 0 bridgehead atoms. The SMILES string of the molecule is Cc1ccc2oc(=O)c(-c3nnc(Nc4cc5c(C)cc(=O)oc5cc4C)o3)cc2c1. The van der Waals surface area contributed by atoms with Crippen LogP contribution in [0, 0.1) is 20.8 Å². The molecule has 5 aromatic rings. The van der Waals surface area contributed by atoms with E-state index in [1.54, 1.807) is 18.2 Å². The number of benzene rings is 2. The van der Waals surface area contributed by atoms with Gasteiger partial charge in [0.05, 0.1) is 0 Å². The van der Waals surface area contributed by atoms with E-state index in [0.717, 1.165) is 27.5 Å². The van der Waals surface area contributed by atoms with Crippen LogP contribution in [0.3, 0.4) is 0 Å². The fraction of sp³-hybridized carbons (Fsp3) is 0.130. The zero-order chi connectivity index (χ0) is 21.7. The lowest BCUT2D eigenvalue weighted by molar-refractivity contribution is 0.548. The van der Waals surface area contributed by atoms with E-state index in [2.05, 4.69) is 15.5 Å². The van der Waals surface area contributed by atoms with E-state index in [1.807, 2.05) is 39.0 Å². The van der Waals surface area contributed by atoms with Crippen molar-refractivity contribution in [3.8, 4) is 11.5 Å². The van der Waals surface area contributed by atoms with Gasteiger partial charge in [-0.2, -0.15) is 0 Å². The molecule has 0 saturated heterocycles. The van der Waals surface area contributed by atoms with E-state index < -0.39 is 11.3 Å². The van der Waals surface area contributed by atoms with Gasteiger partial charge >= 0.3 is 17.3 Å². The van der Waals surface area contributed by atoms with Crippen LogP contribution in [0.15, 0.2) is 65.3 Å². The molecule has 8 nitrogen and oxygen atoms in total. The minimum Gasteiger partial charge on any atom is -0.423 e. The third-order valence-corrected chi connectivity index (χ3v) is 5.08. The van der Waals surface area contributed by atoms with Crippen molar-refractivity contribution in [2.45, 2.75) is 20.8 Å². The van der Waals surface area contributed by atoms with Gasteiger partial charge in [-0.1, -0.05) is 16.7 Å². The third-order valence-electron chi connectivity index (χ3n) is 5.08. The highest BCUT2D eigenvalue weighted by atomic mass is 16.4. The Kier molecular flexibility index (Phi) is 4.21. The van der Waals surface area contributed by atoms with Gasteiger partial charge in [-0.15, -0.1) is 5.10 Å². The molecule has 2 aromatic carbocycles. The maximum Gasteiger partial charge on any atom is 0.349 e. The lowest BCUT2D eigenvalue weighted by Gasteiger charge is -2.08. The van der Waals surface area contributed by atoms with Gasteiger partial charge in [-0.3, -0.25) is 0 Å². The number of aryl methyl sites for hydroxylation is 3. The maximum atomic E-state index is 12.4. The van der Waals surface area contributed by atoms with Crippen molar-refractivity contribution in [2.24, 2.45) is 0 Å². The number of fused-ring (bicyclic) bond motifs is 2. The fourth-order valence-electron chi connectivity index (χ4n) is 3.49. The van der Waals surface area contributed by atoms with Gasteiger partial charge in [-0.25, -0.2) is 9.59 Å². The summed E-state index contributed by atoms with van der Waals surface area (Å²) in [6.45, 7) is 5.66. The summed E-state index contributed by atoms with van der Waals surface area (Å²) in [6.07, 6.45) is 0. The van der Waals surface area contributed by atoms with Gasteiger partial charge in [0.15, 0.2) is 0 Å². The summed E-state index contributed by atoms with van der Waals surface area (Å²) in [4.78, 5) is 24.0. The first kappa shape index (κ1) is 18.8. The van der Waals surface area contributed by atoms with Crippen molar-refractivity contribution in [2.75, 3.05) is 5.32 Å². The minimum absolute atomic E-state index is 0.0558. The molecule has 1 N–H and O–H groups in total. The topological polar surface area (TPSA) is 111 Å². The van der Waals surface area contributed by atoms with Crippen molar-refractivity contribution >= 4 is 33.6 Å². The van der Waals surface area contributed by atoms with Crippen molar-refractivity contribution in [3.05, 3.63) is 80.0 Å². The summed E-state index contributed by atoms with van der Waals surface area (Å²) in [5.74, 6) is 0.0558. The van der Waals surface area contributed by atoms with Crippen LogP contribution in [0.25, 0.3) is 33.4 Å². The van der Waals surface area contributed by atoms with Gasteiger partial charge in [-0.05, 0) is 62.2 Å². The molecule has 0 spiro atoms. The smallest absolute Gasteiger partial charge is 0.349 e. The van der Waals surface area contributed by atoms with Crippen LogP contribution in [0.4, 0.5) is 11.7 Å². The van der Waals surface area contributed by atoms with E-state index in [0.29, 0.717) is 16.9 Å². The molecule has 3 aromatic heterocycles. The molecule has 0 aliphatic carbocycles. The Morgan fingerprint density at radius 3 is 2.48 bits per heavy atom. The van der Waals surface area contributed by atoms with Gasteiger partial charge in [0.25, 0.3) is 5.89 Å². The van der Waals surface area contributed by atoms with E-state index in [-0.39, 0.29) is 17.5 Å². The second-order valence-electron chi connectivity index (χ2n) is 7.44. The number of hydrogen-bond acceptors (Lipinski definition) is 8. The van der Waals surface area contributed by atoms with E-state index >= 15 is 0 Å². The second-order valence-corrected chi connectivity index (χ2v) is 7.44. The van der Waals surface area contributed by atoms with Crippen molar-refractivity contribution in [3.63, 3.8) is 0 Å². The van der Waals surface area contributed by atoms with Crippen LogP contribution in [-0.2, 0) is 0 Å². The summed E-state index contributed by atoms with van der Waals surface area (Å²) >= 11 is 0. The van der Waals surface area contributed by atoms with Crippen LogP contribution < -0.4 is 16.6 Å². The first-order valence-electron chi connectivity index (χ1n) is 9.58. The highest BCUT2D eigenvalue weighted by molar-refractivity contribution is 5.86. The van der Waals surface area contributed by atoms with Gasteiger partial charge in [0, 0.05) is 22.5 Å². The average molecular weight is 415 g/mol. The predicted octanol–water partition coefficient (Wildman–Crippen LogP) is 4.62. The maximum absolute atomic E-state index is 12.4. The Morgan fingerprint density at radius 2 is 1.65 bits per heavy atom. The monoisotopic (exact) mass is 415 g/mol. The van der Waals surface area contributed by atoms with Gasteiger partial charge < -0.3 is 18.6 Å². The van der Waals surface area contributed by atoms with Crippen molar-refractivity contribution < 1.29 is 13.3 Å². The predicted molar refractivity (Wildman–Crippen MR) is 116 cm³/mol. The molecule has 0 atom stereocenters. The third kappa shape index (κ3) is 3.38. The first-order chi connectivity index (χ1) is 14.9. The highest BCUT2D eigenvalue weighted by Gasteiger charge is 2.16. The Morgan fingerprint density at radius 1 is 0.806 bits per heavy atom. The molecule has 0 radical (unpaired) electrons. The summed E-state index contributed by atoms with van der Waals surface area (Å²) in [5, 5.41) is 12.6. The lowest BCUT2D eigenvalue weighted by atomic mass is 10.1. The van der Waals surface area contributed by atoms with E-state index in [9.17, 15) is 9.59 Å². The molecular weight excluding hydrogens is 398 g/mol. The summed E-state index contributed by atoms with van der Waals surface area (Å²) < 4.78 is 16.3. The molecule has 8 heteroatoms. The Bertz CT molecular complexity index is 1590. The molecule has 3 heterocycles. The van der Waals surface area contributed by atoms with Crippen LogP contribution in [0.1, 0.15) is 16.7 Å². The van der Waals surface area contributed by atoms with E-state index in [4.69, 9.17) is 13.3 Å². The number of hydrogen-bond donors (Lipinski definition) is 1. The Balaban J connectivity index is 1.53. The highest BCUT2D eigenvalue weighted by Crippen LogP contribution is 2.28. The zero-order valence-electron chi connectivity index (χ0n) is 17.0. The molecule has 0 saturated carbocycles. The molecule has 0 amide bonds. The molecule has 154 valence electrons. The summed E-state index contributed by atoms with van der Waals surface area (Å²) in [7, 11) is 0. The summed E-state index contributed by atoms with van der Waals surface area (Å²) in [6, 6.07) is 12.4. The van der Waals surface area contributed by atoms with Crippen LogP contribution >= 0.6 is 0 Å². The van der Waals surface area contributed by atoms with Crippen molar-refractivity contribution in [1.82, 2.24) is 10.2 Å².